The molecule has 1 atom stereocenters. The van der Waals surface area contributed by atoms with Gasteiger partial charge in [-0.05, 0) is 37.8 Å². The summed E-state index contributed by atoms with van der Waals surface area (Å²) in [7, 11) is 0. The van der Waals surface area contributed by atoms with Crippen molar-refractivity contribution in [3.8, 4) is 12.3 Å². The number of rotatable bonds is 4. The Bertz CT molecular complexity index is 755. The van der Waals surface area contributed by atoms with E-state index < -0.39 is 0 Å². The third-order valence-corrected chi connectivity index (χ3v) is 4.84. The van der Waals surface area contributed by atoms with Gasteiger partial charge < -0.3 is 4.90 Å². The number of hydrogen-bond acceptors (Lipinski definition) is 3. The van der Waals surface area contributed by atoms with Gasteiger partial charge in [0.25, 0.3) is 0 Å². The Morgan fingerprint density at radius 2 is 2.21 bits per heavy atom. The molecule has 0 saturated carbocycles. The summed E-state index contributed by atoms with van der Waals surface area (Å²) in [6, 6.07) is 4.16. The highest BCUT2D eigenvalue weighted by atomic mass is 35.5. The van der Waals surface area contributed by atoms with Gasteiger partial charge in [0.2, 0.25) is 0 Å². The topological polar surface area (TPSA) is 34.0 Å². The highest BCUT2D eigenvalue weighted by Crippen LogP contribution is 2.39. The van der Waals surface area contributed by atoms with E-state index in [1.54, 1.807) is 6.20 Å². The minimum atomic E-state index is 0.225. The molecule has 0 spiro atoms. The first kappa shape index (κ1) is 16.9. The standard InChI is InChI=1S/C19H23ClN4/c1-5-15-8-9-17(21-11-15)23-10-6-7-16(23)18-14(4)22-24(19(18)20)12-13(2)3/h1,8-9,11,13,16H,6-7,10,12H2,2-4H3. The lowest BCUT2D eigenvalue weighted by molar-refractivity contribution is 0.481. The fourth-order valence-corrected chi connectivity index (χ4v) is 3.76. The molecule has 0 bridgehead atoms. The van der Waals surface area contributed by atoms with Gasteiger partial charge in [0.05, 0.1) is 11.7 Å². The van der Waals surface area contributed by atoms with E-state index in [4.69, 9.17) is 18.0 Å². The Kier molecular flexibility index (Phi) is 4.82. The van der Waals surface area contributed by atoms with Gasteiger partial charge in [-0.3, -0.25) is 4.68 Å². The predicted octanol–water partition coefficient (Wildman–Crippen LogP) is 4.22. The molecule has 0 N–H and O–H groups in total. The Morgan fingerprint density at radius 1 is 1.42 bits per heavy atom. The predicted molar refractivity (Wildman–Crippen MR) is 98.3 cm³/mol. The van der Waals surface area contributed by atoms with Crippen LogP contribution in [0.5, 0.6) is 0 Å². The molecular formula is C19H23ClN4. The Hall–Kier alpha value is -1.99. The molecule has 5 heteroatoms. The van der Waals surface area contributed by atoms with Gasteiger partial charge in [-0.2, -0.15) is 5.10 Å². The van der Waals surface area contributed by atoms with Crippen molar-refractivity contribution >= 4 is 17.4 Å². The van der Waals surface area contributed by atoms with E-state index >= 15 is 0 Å². The van der Waals surface area contributed by atoms with Gasteiger partial charge in [-0.1, -0.05) is 31.4 Å². The summed E-state index contributed by atoms with van der Waals surface area (Å²) in [5, 5.41) is 5.42. The van der Waals surface area contributed by atoms with Crippen LogP contribution in [0.3, 0.4) is 0 Å². The molecular weight excluding hydrogens is 320 g/mol. The average molecular weight is 343 g/mol. The third kappa shape index (κ3) is 3.14. The summed E-state index contributed by atoms with van der Waals surface area (Å²) in [6.07, 6.45) is 9.35. The van der Waals surface area contributed by atoms with E-state index in [0.717, 1.165) is 53.7 Å². The molecule has 3 heterocycles. The van der Waals surface area contributed by atoms with Gasteiger partial charge >= 0.3 is 0 Å². The van der Waals surface area contributed by atoms with Crippen molar-refractivity contribution in [3.05, 3.63) is 40.3 Å². The molecule has 24 heavy (non-hydrogen) atoms. The largest absolute Gasteiger partial charge is 0.349 e. The number of halogens is 1. The van der Waals surface area contributed by atoms with Crippen LogP contribution in [0.2, 0.25) is 5.15 Å². The minimum Gasteiger partial charge on any atom is -0.349 e. The van der Waals surface area contributed by atoms with E-state index in [2.05, 4.69) is 34.8 Å². The van der Waals surface area contributed by atoms with Crippen molar-refractivity contribution < 1.29 is 0 Å². The van der Waals surface area contributed by atoms with Crippen LogP contribution >= 0.6 is 11.6 Å². The van der Waals surface area contributed by atoms with Gasteiger partial charge in [0.1, 0.15) is 11.0 Å². The first-order valence-corrected chi connectivity index (χ1v) is 8.81. The van der Waals surface area contributed by atoms with Crippen LogP contribution in [0.15, 0.2) is 18.3 Å². The lowest BCUT2D eigenvalue weighted by Crippen LogP contribution is -2.24. The Morgan fingerprint density at radius 3 is 2.83 bits per heavy atom. The second-order valence-electron chi connectivity index (χ2n) is 6.77. The molecule has 1 fully saturated rings. The second-order valence-corrected chi connectivity index (χ2v) is 7.12. The quantitative estimate of drug-likeness (QED) is 0.780. The summed E-state index contributed by atoms with van der Waals surface area (Å²) in [5.41, 5.74) is 2.95. The molecule has 1 unspecified atom stereocenters. The number of terminal acetylenes is 1. The van der Waals surface area contributed by atoms with Crippen LogP contribution in [0, 0.1) is 25.2 Å². The van der Waals surface area contributed by atoms with Crippen molar-refractivity contribution in [2.24, 2.45) is 5.92 Å². The highest BCUT2D eigenvalue weighted by Gasteiger charge is 2.32. The van der Waals surface area contributed by atoms with Crippen LogP contribution in [0.1, 0.15) is 49.6 Å². The molecule has 1 aliphatic rings. The van der Waals surface area contributed by atoms with Crippen LogP contribution in [0.25, 0.3) is 0 Å². The molecule has 2 aromatic heterocycles. The number of pyridine rings is 1. The third-order valence-electron chi connectivity index (χ3n) is 4.44. The average Bonchev–Trinajstić information content (AvgIpc) is 3.12. The zero-order valence-electron chi connectivity index (χ0n) is 14.5. The molecule has 1 saturated heterocycles. The lowest BCUT2D eigenvalue weighted by Gasteiger charge is -2.26. The zero-order valence-corrected chi connectivity index (χ0v) is 15.2. The molecule has 1 aliphatic heterocycles. The molecule has 126 valence electrons. The van der Waals surface area contributed by atoms with E-state index in [1.165, 1.54) is 0 Å². The van der Waals surface area contributed by atoms with E-state index in [9.17, 15) is 0 Å². The van der Waals surface area contributed by atoms with Crippen LogP contribution in [-0.4, -0.2) is 21.3 Å². The van der Waals surface area contributed by atoms with E-state index in [0.29, 0.717) is 5.92 Å². The molecule has 4 nitrogen and oxygen atoms in total. The van der Waals surface area contributed by atoms with Crippen LogP contribution in [0.4, 0.5) is 5.82 Å². The van der Waals surface area contributed by atoms with E-state index in [-0.39, 0.29) is 6.04 Å². The maximum Gasteiger partial charge on any atom is 0.132 e. The van der Waals surface area contributed by atoms with Crippen LogP contribution in [-0.2, 0) is 6.54 Å². The monoisotopic (exact) mass is 342 g/mol. The lowest BCUT2D eigenvalue weighted by atomic mass is 10.1. The fraction of sp³-hybridized carbons (Fsp3) is 0.474. The first-order valence-electron chi connectivity index (χ1n) is 8.43. The normalized spacial score (nSPS) is 17.5. The van der Waals surface area contributed by atoms with Crippen molar-refractivity contribution in [3.63, 3.8) is 0 Å². The summed E-state index contributed by atoms with van der Waals surface area (Å²) in [5.74, 6) is 4.07. The van der Waals surface area contributed by atoms with Crippen molar-refractivity contribution in [1.29, 1.82) is 0 Å². The molecule has 0 aromatic carbocycles. The van der Waals surface area contributed by atoms with Crippen molar-refractivity contribution in [2.45, 2.75) is 46.2 Å². The number of hydrogen-bond donors (Lipinski definition) is 0. The van der Waals surface area contributed by atoms with Crippen molar-refractivity contribution in [1.82, 2.24) is 14.8 Å². The number of aromatic nitrogens is 3. The molecule has 0 radical (unpaired) electrons. The van der Waals surface area contributed by atoms with Gasteiger partial charge in [-0.25, -0.2) is 4.98 Å². The maximum absolute atomic E-state index is 6.68. The van der Waals surface area contributed by atoms with E-state index in [1.807, 2.05) is 23.7 Å². The summed E-state index contributed by atoms with van der Waals surface area (Å²) < 4.78 is 1.93. The molecule has 0 amide bonds. The molecule has 3 rings (SSSR count). The second kappa shape index (κ2) is 6.86. The van der Waals surface area contributed by atoms with Crippen LogP contribution < -0.4 is 4.90 Å². The molecule has 0 aliphatic carbocycles. The molecule has 2 aromatic rings. The maximum atomic E-state index is 6.68. The van der Waals surface area contributed by atoms with Gasteiger partial charge in [0.15, 0.2) is 0 Å². The fourth-order valence-electron chi connectivity index (χ4n) is 3.39. The zero-order chi connectivity index (χ0) is 17.3. The Balaban J connectivity index is 1.93. The number of nitrogens with zero attached hydrogens (tertiary/aromatic N) is 4. The summed E-state index contributed by atoms with van der Waals surface area (Å²) >= 11 is 6.68. The highest BCUT2D eigenvalue weighted by molar-refractivity contribution is 6.30. The SMILES string of the molecule is C#Cc1ccc(N2CCCC2c2c(C)nn(CC(C)C)c2Cl)nc1. The summed E-state index contributed by atoms with van der Waals surface area (Å²) in [6.45, 7) is 8.20. The Labute approximate surface area is 148 Å². The first-order chi connectivity index (χ1) is 11.5. The summed E-state index contributed by atoms with van der Waals surface area (Å²) in [4.78, 5) is 6.85. The van der Waals surface area contributed by atoms with Gasteiger partial charge in [-0.15, -0.1) is 6.42 Å². The van der Waals surface area contributed by atoms with Crippen molar-refractivity contribution in [2.75, 3.05) is 11.4 Å². The number of anilines is 1. The number of aryl methyl sites for hydroxylation is 1. The minimum absolute atomic E-state index is 0.225. The van der Waals surface area contributed by atoms with Gasteiger partial charge in [0, 0.05) is 30.4 Å². The smallest absolute Gasteiger partial charge is 0.132 e.